The lowest BCUT2D eigenvalue weighted by atomic mass is 10.3. The molecule has 0 aliphatic carbocycles. The van der Waals surface area contributed by atoms with E-state index in [1.807, 2.05) is 30.3 Å². The number of aromatic nitrogens is 5. The van der Waals surface area contributed by atoms with E-state index in [4.69, 9.17) is 5.73 Å². The second-order valence-electron chi connectivity index (χ2n) is 5.33. The number of aryl methyl sites for hydroxylation is 1. The van der Waals surface area contributed by atoms with Gasteiger partial charge in [-0.25, -0.2) is 9.55 Å². The van der Waals surface area contributed by atoms with Crippen molar-refractivity contribution in [2.45, 2.75) is 18.6 Å². The predicted molar refractivity (Wildman–Crippen MR) is 94.0 cm³/mol. The van der Waals surface area contributed by atoms with Crippen LogP contribution in [0.1, 0.15) is 11.6 Å². The summed E-state index contributed by atoms with van der Waals surface area (Å²) < 4.78 is 3.20. The Morgan fingerprint density at radius 3 is 2.69 bits per heavy atom. The van der Waals surface area contributed by atoms with Gasteiger partial charge in [0.1, 0.15) is 6.20 Å². The second kappa shape index (κ2) is 7.35. The normalized spacial score (nSPS) is 10.8. The molecule has 0 fully saturated rings. The van der Waals surface area contributed by atoms with E-state index in [1.165, 1.54) is 10.8 Å². The van der Waals surface area contributed by atoms with Gasteiger partial charge in [0.15, 0.2) is 23.4 Å². The number of rotatable bonds is 7. The number of carbonyl (C=O) groups excluding carboxylic acids is 1. The molecule has 0 saturated heterocycles. The molecule has 2 aromatic heterocycles. The lowest BCUT2D eigenvalue weighted by molar-refractivity contribution is -0.392. The molecular formula is C15H15N7O3S. The first kappa shape index (κ1) is 17.6. The molecule has 11 heteroatoms. The fourth-order valence-electron chi connectivity index (χ4n) is 2.41. The molecule has 26 heavy (non-hydrogen) atoms. The Morgan fingerprint density at radius 1 is 1.31 bits per heavy atom. The standard InChI is InChI=1S/C15H15N7O3S/c1-10-17-7-14(22(24)25)20(10)8-13-18-19-15(26-9-12(16)23)21(13)11-5-3-2-4-6-11/h2-7H,8-9H2,1H3,(H2,16,23). The summed E-state index contributed by atoms with van der Waals surface area (Å²) >= 11 is 1.15. The Balaban J connectivity index is 2.04. The number of para-hydroxylation sites is 1. The zero-order valence-electron chi connectivity index (χ0n) is 13.8. The van der Waals surface area contributed by atoms with Gasteiger partial charge in [0.05, 0.1) is 5.75 Å². The Labute approximate surface area is 152 Å². The lowest BCUT2D eigenvalue weighted by Crippen LogP contribution is -2.14. The average molecular weight is 373 g/mol. The first-order valence-corrected chi connectivity index (χ1v) is 8.53. The van der Waals surface area contributed by atoms with E-state index in [1.54, 1.807) is 11.5 Å². The maximum atomic E-state index is 11.2. The van der Waals surface area contributed by atoms with Gasteiger partial charge in [0, 0.05) is 12.6 Å². The third-order valence-electron chi connectivity index (χ3n) is 3.58. The molecule has 10 nitrogen and oxygen atoms in total. The molecule has 1 amide bonds. The van der Waals surface area contributed by atoms with Crippen LogP contribution < -0.4 is 5.73 Å². The summed E-state index contributed by atoms with van der Waals surface area (Å²) in [6.45, 7) is 1.79. The summed E-state index contributed by atoms with van der Waals surface area (Å²) in [5, 5.41) is 20.0. The number of benzene rings is 1. The van der Waals surface area contributed by atoms with Gasteiger partial charge < -0.3 is 15.8 Å². The van der Waals surface area contributed by atoms with Crippen LogP contribution in [0.15, 0.2) is 41.7 Å². The summed E-state index contributed by atoms with van der Waals surface area (Å²) in [6, 6.07) is 9.29. The van der Waals surface area contributed by atoms with Crippen LogP contribution in [0, 0.1) is 17.0 Å². The van der Waals surface area contributed by atoms with Gasteiger partial charge in [-0.2, -0.15) is 0 Å². The molecular weight excluding hydrogens is 358 g/mol. The van der Waals surface area contributed by atoms with Crippen molar-refractivity contribution in [3.8, 4) is 5.69 Å². The summed E-state index contributed by atoms with van der Waals surface area (Å²) in [5.41, 5.74) is 5.99. The maximum Gasteiger partial charge on any atom is 0.343 e. The van der Waals surface area contributed by atoms with Gasteiger partial charge >= 0.3 is 5.82 Å². The van der Waals surface area contributed by atoms with Gasteiger partial charge in [-0.3, -0.25) is 9.36 Å². The maximum absolute atomic E-state index is 11.2. The van der Waals surface area contributed by atoms with Crippen LogP contribution in [0.25, 0.3) is 5.69 Å². The van der Waals surface area contributed by atoms with Crippen molar-refractivity contribution < 1.29 is 9.72 Å². The number of hydrogen-bond donors (Lipinski definition) is 1. The molecule has 0 bridgehead atoms. The first-order valence-electron chi connectivity index (χ1n) is 7.54. The van der Waals surface area contributed by atoms with Crippen molar-refractivity contribution in [1.29, 1.82) is 0 Å². The van der Waals surface area contributed by atoms with Crippen LogP contribution in [0.2, 0.25) is 0 Å². The van der Waals surface area contributed by atoms with Crippen molar-refractivity contribution in [2.24, 2.45) is 5.73 Å². The molecule has 0 saturated carbocycles. The second-order valence-corrected chi connectivity index (χ2v) is 6.27. The molecule has 2 heterocycles. The largest absolute Gasteiger partial charge is 0.369 e. The number of carbonyl (C=O) groups is 1. The quantitative estimate of drug-likeness (QED) is 0.375. The minimum Gasteiger partial charge on any atom is -0.369 e. The Hall–Kier alpha value is -3.21. The molecule has 1 aromatic carbocycles. The van der Waals surface area contributed by atoms with E-state index in [2.05, 4.69) is 15.2 Å². The van der Waals surface area contributed by atoms with Gasteiger partial charge in [0.25, 0.3) is 0 Å². The number of amides is 1. The highest BCUT2D eigenvalue weighted by Crippen LogP contribution is 2.24. The molecule has 3 rings (SSSR count). The summed E-state index contributed by atoms with van der Waals surface area (Å²) in [7, 11) is 0. The van der Waals surface area contributed by atoms with E-state index < -0.39 is 10.8 Å². The van der Waals surface area contributed by atoms with Crippen LogP contribution >= 0.6 is 11.8 Å². The highest BCUT2D eigenvalue weighted by atomic mass is 32.2. The van der Waals surface area contributed by atoms with E-state index >= 15 is 0 Å². The number of primary amides is 1. The Bertz CT molecular complexity index is 952. The Morgan fingerprint density at radius 2 is 2.04 bits per heavy atom. The highest BCUT2D eigenvalue weighted by Gasteiger charge is 2.22. The summed E-state index contributed by atoms with van der Waals surface area (Å²) in [4.78, 5) is 25.8. The van der Waals surface area contributed by atoms with E-state index in [-0.39, 0.29) is 18.1 Å². The number of imidazole rings is 1. The van der Waals surface area contributed by atoms with Crippen molar-refractivity contribution in [2.75, 3.05) is 5.75 Å². The fourth-order valence-corrected chi connectivity index (χ4v) is 3.12. The van der Waals surface area contributed by atoms with E-state index in [9.17, 15) is 14.9 Å². The Kier molecular flexibility index (Phi) is 4.98. The monoisotopic (exact) mass is 373 g/mol. The summed E-state index contributed by atoms with van der Waals surface area (Å²) in [5.74, 6) is 0.421. The molecule has 0 aliphatic heterocycles. The predicted octanol–water partition coefficient (Wildman–Crippen LogP) is 1.31. The van der Waals surface area contributed by atoms with Crippen molar-refractivity contribution in [1.82, 2.24) is 24.3 Å². The summed E-state index contributed by atoms with van der Waals surface area (Å²) in [6.07, 6.45) is 1.21. The molecule has 0 aliphatic rings. The molecule has 0 atom stereocenters. The van der Waals surface area contributed by atoms with Crippen LogP contribution in [-0.4, -0.2) is 40.9 Å². The zero-order chi connectivity index (χ0) is 18.7. The van der Waals surface area contributed by atoms with Gasteiger partial charge in [0.2, 0.25) is 5.91 Å². The molecule has 0 radical (unpaired) electrons. The zero-order valence-corrected chi connectivity index (χ0v) is 14.6. The molecule has 2 N–H and O–H groups in total. The number of nitro groups is 1. The number of nitrogens with two attached hydrogens (primary N) is 1. The van der Waals surface area contributed by atoms with Gasteiger partial charge in [-0.05, 0) is 17.1 Å². The van der Waals surface area contributed by atoms with Crippen molar-refractivity contribution >= 4 is 23.5 Å². The molecule has 134 valence electrons. The molecule has 0 spiro atoms. The van der Waals surface area contributed by atoms with E-state index in [0.29, 0.717) is 16.8 Å². The highest BCUT2D eigenvalue weighted by molar-refractivity contribution is 7.99. The minimum atomic E-state index is -0.494. The fraction of sp³-hybridized carbons (Fsp3) is 0.200. The SMILES string of the molecule is Cc1ncc([N+](=O)[O-])n1Cc1nnc(SCC(N)=O)n1-c1ccccc1. The molecule has 0 unspecified atom stereocenters. The van der Waals surface area contributed by atoms with Crippen LogP contribution in [0.4, 0.5) is 5.82 Å². The van der Waals surface area contributed by atoms with Crippen LogP contribution in [-0.2, 0) is 11.3 Å². The van der Waals surface area contributed by atoms with Crippen molar-refractivity contribution in [3.63, 3.8) is 0 Å². The number of thioether (sulfide) groups is 1. The van der Waals surface area contributed by atoms with Crippen LogP contribution in [0.5, 0.6) is 0 Å². The first-order chi connectivity index (χ1) is 12.5. The van der Waals surface area contributed by atoms with Gasteiger partial charge in [-0.1, -0.05) is 30.0 Å². The third kappa shape index (κ3) is 3.57. The lowest BCUT2D eigenvalue weighted by Gasteiger charge is -2.09. The molecule has 3 aromatic rings. The number of hydrogen-bond acceptors (Lipinski definition) is 7. The van der Waals surface area contributed by atoms with E-state index in [0.717, 1.165) is 17.4 Å². The minimum absolute atomic E-state index is 0.0508. The third-order valence-corrected chi connectivity index (χ3v) is 4.53. The number of nitrogens with zero attached hydrogens (tertiary/aromatic N) is 6. The van der Waals surface area contributed by atoms with Crippen molar-refractivity contribution in [3.05, 3.63) is 58.3 Å². The average Bonchev–Trinajstić information content (AvgIpc) is 3.18. The topological polar surface area (TPSA) is 135 Å². The van der Waals surface area contributed by atoms with Gasteiger partial charge in [-0.15, -0.1) is 10.2 Å². The smallest absolute Gasteiger partial charge is 0.343 e. The van der Waals surface area contributed by atoms with Crippen LogP contribution in [0.3, 0.4) is 0 Å².